The van der Waals surface area contributed by atoms with Gasteiger partial charge in [0.15, 0.2) is 0 Å². The van der Waals surface area contributed by atoms with E-state index in [4.69, 9.17) is 16.6 Å². The number of carbonyl (C=O) groups is 8. The quantitative estimate of drug-likeness (QED) is 0.0483. The topological polar surface area (TPSA) is 350 Å². The zero-order valence-electron chi connectivity index (χ0n) is 32.3. The van der Waals surface area contributed by atoms with Crippen molar-refractivity contribution in [2.45, 2.75) is 135 Å². The predicted molar refractivity (Wildman–Crippen MR) is 196 cm³/mol. The first-order chi connectivity index (χ1) is 25.5. The minimum absolute atomic E-state index is 0.0204. The average molecular weight is 783 g/mol. The molecule has 7 amide bonds. The minimum atomic E-state index is -1.60. The molecule has 9 atom stereocenters. The number of hydrogen-bond donors (Lipinski definition) is 12. The van der Waals surface area contributed by atoms with E-state index < -0.39 is 102 Å². The van der Waals surface area contributed by atoms with Gasteiger partial charge in [-0.05, 0) is 51.9 Å². The van der Waals surface area contributed by atoms with Gasteiger partial charge < -0.3 is 63.7 Å². The van der Waals surface area contributed by atoms with E-state index in [1.54, 1.807) is 13.8 Å². The lowest BCUT2D eigenvalue weighted by Gasteiger charge is -2.28. The zero-order valence-corrected chi connectivity index (χ0v) is 32.3. The van der Waals surface area contributed by atoms with Crippen molar-refractivity contribution in [1.82, 2.24) is 41.9 Å². The second-order valence-electron chi connectivity index (χ2n) is 14.4. The number of aromatic nitrogens is 2. The van der Waals surface area contributed by atoms with Gasteiger partial charge in [-0.15, -0.1) is 0 Å². The fourth-order valence-corrected chi connectivity index (χ4v) is 5.19. The highest BCUT2D eigenvalue weighted by molar-refractivity contribution is 5.97. The summed E-state index contributed by atoms with van der Waals surface area (Å²) in [5, 5.41) is 44.1. The number of nitrogens with two attached hydrogens (primary N) is 2. The van der Waals surface area contributed by atoms with E-state index in [-0.39, 0.29) is 43.9 Å². The third-order valence-corrected chi connectivity index (χ3v) is 8.18. The number of aliphatic carboxylic acids is 1. The summed E-state index contributed by atoms with van der Waals surface area (Å²) in [6.07, 6.45) is -0.867. The number of amides is 7. The Hall–Kier alpha value is -5.15. The van der Waals surface area contributed by atoms with Gasteiger partial charge in [0.25, 0.3) is 0 Å². The summed E-state index contributed by atoms with van der Waals surface area (Å²) < 4.78 is 0. The summed E-state index contributed by atoms with van der Waals surface area (Å²) >= 11 is 0. The van der Waals surface area contributed by atoms with Crippen LogP contribution < -0.4 is 43.4 Å². The molecular weight excluding hydrogens is 724 g/mol. The van der Waals surface area contributed by atoms with Crippen molar-refractivity contribution in [1.29, 1.82) is 0 Å². The second kappa shape index (κ2) is 22.9. The summed E-state index contributed by atoms with van der Waals surface area (Å²) in [7, 11) is 0. The fraction of sp³-hybridized carbons (Fsp3) is 0.676. The van der Waals surface area contributed by atoms with Crippen LogP contribution in [0.25, 0.3) is 0 Å². The molecule has 1 heterocycles. The van der Waals surface area contributed by atoms with Crippen LogP contribution in [-0.2, 0) is 44.8 Å². The van der Waals surface area contributed by atoms with Gasteiger partial charge in [0.1, 0.15) is 36.3 Å². The monoisotopic (exact) mass is 782 g/mol. The zero-order chi connectivity index (χ0) is 42.2. The van der Waals surface area contributed by atoms with Gasteiger partial charge in [-0.1, -0.05) is 27.7 Å². The van der Waals surface area contributed by atoms with Crippen molar-refractivity contribution in [3.63, 3.8) is 0 Å². The Morgan fingerprint density at radius 3 is 1.62 bits per heavy atom. The van der Waals surface area contributed by atoms with Crippen molar-refractivity contribution in [2.24, 2.45) is 23.3 Å². The van der Waals surface area contributed by atoms with Gasteiger partial charge in [0, 0.05) is 24.7 Å². The molecule has 14 N–H and O–H groups in total. The highest BCUT2D eigenvalue weighted by atomic mass is 16.4. The van der Waals surface area contributed by atoms with Crippen molar-refractivity contribution in [2.75, 3.05) is 0 Å². The number of primary amides is 1. The number of aliphatic hydroxyl groups is 2. The van der Waals surface area contributed by atoms with Crippen LogP contribution in [0.4, 0.5) is 0 Å². The molecule has 1 aromatic rings. The predicted octanol–water partition coefficient (Wildman–Crippen LogP) is -3.59. The third kappa shape index (κ3) is 17.2. The van der Waals surface area contributed by atoms with Gasteiger partial charge in [0.2, 0.25) is 41.4 Å². The molecule has 310 valence electrons. The number of nitrogens with one attached hydrogen (secondary N) is 7. The summed E-state index contributed by atoms with van der Waals surface area (Å²) in [6.45, 7) is 10.8. The number of aliphatic hydroxyl groups excluding tert-OH is 2. The van der Waals surface area contributed by atoms with Crippen LogP contribution in [0.2, 0.25) is 0 Å². The molecular formula is C34H58N10O11. The number of carboxylic acids is 1. The number of imidazole rings is 1. The smallest absolute Gasteiger partial charge is 0.325 e. The first-order valence-electron chi connectivity index (χ1n) is 18.0. The van der Waals surface area contributed by atoms with Gasteiger partial charge >= 0.3 is 5.97 Å². The summed E-state index contributed by atoms with van der Waals surface area (Å²) in [5.74, 6) is -7.81. The lowest BCUT2D eigenvalue weighted by atomic mass is 10.0. The SMILES string of the molecule is CC(C)C[C@H](NC(=O)[C@H](Cc1cnc[nH]1)NC(=O)[C@H](CCC(N)=O)NC(=O)[C@@H](NC(=O)[C@@H](N)CC(C)C)[C@@H](C)O)C(=O)N[C@H](C(=O)N[C@@H](C)C(=O)O)[C@@H](C)O. The first-order valence-corrected chi connectivity index (χ1v) is 18.0. The van der Waals surface area contributed by atoms with E-state index >= 15 is 0 Å². The average Bonchev–Trinajstić information content (AvgIpc) is 3.58. The third-order valence-electron chi connectivity index (χ3n) is 8.18. The van der Waals surface area contributed by atoms with E-state index in [0.717, 1.165) is 0 Å². The lowest BCUT2D eigenvalue weighted by Crippen LogP contribution is -2.62. The Morgan fingerprint density at radius 1 is 0.673 bits per heavy atom. The van der Waals surface area contributed by atoms with Crippen LogP contribution >= 0.6 is 0 Å². The van der Waals surface area contributed by atoms with E-state index in [1.807, 2.05) is 13.8 Å². The Balaban J connectivity index is 3.38. The molecule has 0 aromatic carbocycles. The molecule has 0 spiro atoms. The Kier molecular flexibility index (Phi) is 20.0. The molecule has 1 aromatic heterocycles. The van der Waals surface area contributed by atoms with E-state index in [1.165, 1.54) is 33.3 Å². The largest absolute Gasteiger partial charge is 0.480 e. The molecule has 0 bridgehead atoms. The highest BCUT2D eigenvalue weighted by Gasteiger charge is 2.35. The van der Waals surface area contributed by atoms with E-state index in [0.29, 0.717) is 5.69 Å². The number of carbonyl (C=O) groups excluding carboxylic acids is 7. The van der Waals surface area contributed by atoms with Crippen LogP contribution in [0.1, 0.15) is 79.8 Å². The molecule has 1 rings (SSSR count). The minimum Gasteiger partial charge on any atom is -0.480 e. The van der Waals surface area contributed by atoms with Crippen molar-refractivity contribution >= 4 is 47.3 Å². The van der Waals surface area contributed by atoms with Crippen LogP contribution in [0, 0.1) is 11.8 Å². The first kappa shape index (κ1) is 47.9. The summed E-state index contributed by atoms with van der Waals surface area (Å²) in [5.41, 5.74) is 11.6. The van der Waals surface area contributed by atoms with Crippen molar-refractivity contribution in [3.05, 3.63) is 18.2 Å². The molecule has 0 fully saturated rings. The van der Waals surface area contributed by atoms with Crippen LogP contribution in [-0.4, -0.2) is 127 Å². The maximum atomic E-state index is 13.9. The molecule has 55 heavy (non-hydrogen) atoms. The van der Waals surface area contributed by atoms with Gasteiger partial charge in [-0.3, -0.25) is 38.4 Å². The van der Waals surface area contributed by atoms with Gasteiger partial charge in [0.05, 0.1) is 24.6 Å². The Morgan fingerprint density at radius 2 is 1.15 bits per heavy atom. The molecule has 0 aliphatic carbocycles. The van der Waals surface area contributed by atoms with E-state index in [2.05, 4.69) is 41.9 Å². The standard InChI is InChI=1S/C34H58N10O11/c1-15(2)10-21(35)28(48)43-27(19(7)46)33(53)40-22(8-9-25(36)47)29(49)42-24(12-20-13-37-14-38-20)30(50)41-23(11-16(3)4)31(51)44-26(18(6)45)32(52)39-17(5)34(54)55/h13-19,21-24,26-27,45-46H,8-12,35H2,1-7H3,(H2,36,47)(H,37,38)(H,39,52)(H,40,53)(H,41,50)(H,42,49)(H,43,48)(H,44,51)(H,54,55)/t17-,18+,19+,21-,22-,23-,24-,26-,27-/m0/s1. The molecule has 21 nitrogen and oxygen atoms in total. The number of H-pyrrole nitrogens is 1. The van der Waals surface area contributed by atoms with Gasteiger partial charge in [-0.2, -0.15) is 0 Å². The van der Waals surface area contributed by atoms with Crippen LogP contribution in [0.5, 0.6) is 0 Å². The number of hydrogen-bond acceptors (Lipinski definition) is 12. The Bertz CT molecular complexity index is 1470. The lowest BCUT2D eigenvalue weighted by molar-refractivity contribution is -0.142. The highest BCUT2D eigenvalue weighted by Crippen LogP contribution is 2.10. The number of nitrogens with zero attached hydrogens (tertiary/aromatic N) is 1. The van der Waals surface area contributed by atoms with Crippen LogP contribution in [0.3, 0.4) is 0 Å². The van der Waals surface area contributed by atoms with Gasteiger partial charge in [-0.25, -0.2) is 4.98 Å². The maximum absolute atomic E-state index is 13.9. The normalized spacial score (nSPS) is 16.2. The maximum Gasteiger partial charge on any atom is 0.325 e. The number of aromatic amines is 1. The summed E-state index contributed by atoms with van der Waals surface area (Å²) in [6, 6.07) is -9.80. The fourth-order valence-electron chi connectivity index (χ4n) is 5.19. The molecule has 0 aliphatic rings. The van der Waals surface area contributed by atoms with Crippen molar-refractivity contribution < 1.29 is 53.7 Å². The van der Waals surface area contributed by atoms with Crippen LogP contribution in [0.15, 0.2) is 12.5 Å². The summed E-state index contributed by atoms with van der Waals surface area (Å²) in [4.78, 5) is 110. The number of rotatable bonds is 24. The van der Waals surface area contributed by atoms with Crippen molar-refractivity contribution in [3.8, 4) is 0 Å². The molecule has 0 aliphatic heterocycles. The molecule has 0 saturated carbocycles. The number of carboxylic acid groups (broad SMARTS) is 1. The Labute approximate surface area is 319 Å². The van der Waals surface area contributed by atoms with E-state index in [9.17, 15) is 48.6 Å². The molecule has 0 saturated heterocycles. The molecule has 0 unspecified atom stereocenters. The molecule has 0 radical (unpaired) electrons. The molecule has 21 heteroatoms. The second-order valence-corrected chi connectivity index (χ2v) is 14.4.